The van der Waals surface area contributed by atoms with Gasteiger partial charge in [0.1, 0.15) is 6.33 Å². The van der Waals surface area contributed by atoms with Gasteiger partial charge in [-0.3, -0.25) is 9.89 Å². The van der Waals surface area contributed by atoms with Crippen molar-refractivity contribution in [3.8, 4) is 11.4 Å². The lowest BCUT2D eigenvalue weighted by Crippen LogP contribution is -2.44. The molecule has 1 aliphatic rings. The molecule has 1 fully saturated rings. The summed E-state index contributed by atoms with van der Waals surface area (Å²) in [5, 5.41) is 9.46. The van der Waals surface area contributed by atoms with Gasteiger partial charge in [-0.25, -0.2) is 13.4 Å². The lowest BCUT2D eigenvalue weighted by molar-refractivity contribution is 0.0949. The fourth-order valence-electron chi connectivity index (χ4n) is 3.31. The summed E-state index contributed by atoms with van der Waals surface area (Å²) in [5.74, 6) is 0.415. The molecular weight excluding hydrogens is 354 g/mol. The molecule has 3 rings (SSSR count). The van der Waals surface area contributed by atoms with Crippen molar-refractivity contribution in [2.24, 2.45) is 0 Å². The molecule has 0 radical (unpaired) electrons. The molecule has 2 aromatic rings. The normalized spacial score (nSPS) is 18.6. The van der Waals surface area contributed by atoms with E-state index in [9.17, 15) is 13.2 Å². The topological polar surface area (TPSA) is 108 Å². The quantitative estimate of drug-likeness (QED) is 0.791. The van der Waals surface area contributed by atoms with E-state index in [2.05, 4.69) is 20.5 Å². The van der Waals surface area contributed by atoms with Crippen LogP contribution in [0.4, 0.5) is 0 Å². The van der Waals surface area contributed by atoms with Crippen molar-refractivity contribution in [2.75, 3.05) is 19.3 Å². The first-order chi connectivity index (χ1) is 12.4. The second kappa shape index (κ2) is 7.96. The Kier molecular flexibility index (Phi) is 5.67. The first-order valence-corrected chi connectivity index (χ1v) is 10.5. The number of rotatable bonds is 6. The maximum atomic E-state index is 12.4. The number of carbonyl (C=O) groups is 1. The van der Waals surface area contributed by atoms with Gasteiger partial charge in [0.2, 0.25) is 10.0 Å². The maximum absolute atomic E-state index is 12.4. The molecule has 8 nitrogen and oxygen atoms in total. The van der Waals surface area contributed by atoms with Crippen LogP contribution in [0.1, 0.15) is 36.0 Å². The molecule has 140 valence electrons. The highest BCUT2D eigenvalue weighted by Crippen LogP contribution is 2.22. The average molecular weight is 377 g/mol. The van der Waals surface area contributed by atoms with Crippen LogP contribution >= 0.6 is 0 Å². The van der Waals surface area contributed by atoms with Gasteiger partial charge in [0, 0.05) is 30.3 Å². The Bertz CT molecular complexity index is 851. The van der Waals surface area contributed by atoms with Crippen molar-refractivity contribution < 1.29 is 13.2 Å². The third kappa shape index (κ3) is 4.47. The van der Waals surface area contributed by atoms with Crippen molar-refractivity contribution >= 4 is 15.9 Å². The zero-order valence-electron chi connectivity index (χ0n) is 14.7. The number of carbonyl (C=O) groups excluding carboxylic acids is 1. The largest absolute Gasteiger partial charge is 0.352 e. The molecule has 1 aromatic carbocycles. The van der Waals surface area contributed by atoms with Gasteiger partial charge >= 0.3 is 0 Å². The van der Waals surface area contributed by atoms with E-state index in [4.69, 9.17) is 0 Å². The fraction of sp³-hybridized carbons (Fsp3) is 0.471. The second-order valence-corrected chi connectivity index (χ2v) is 8.42. The maximum Gasteiger partial charge on any atom is 0.251 e. The van der Waals surface area contributed by atoms with Gasteiger partial charge in [-0.1, -0.05) is 18.6 Å². The van der Waals surface area contributed by atoms with Crippen molar-refractivity contribution in [3.63, 3.8) is 0 Å². The van der Waals surface area contributed by atoms with Gasteiger partial charge < -0.3 is 5.32 Å². The Morgan fingerprint density at radius 1 is 1.38 bits per heavy atom. The minimum atomic E-state index is -3.20. The Hall–Kier alpha value is -2.26. The molecule has 0 bridgehead atoms. The van der Waals surface area contributed by atoms with E-state index in [0.29, 0.717) is 30.9 Å². The van der Waals surface area contributed by atoms with Crippen LogP contribution in [0.3, 0.4) is 0 Å². The number of aromatic amines is 1. The number of H-pyrrole nitrogens is 1. The SMILES string of the molecule is CS(=O)(=O)N1CCCC[C@H]1CCNC(=O)c1cccc(-c2ncn[nH]2)c1. The summed E-state index contributed by atoms with van der Waals surface area (Å²) in [6.07, 6.45) is 6.03. The minimum absolute atomic E-state index is 0.0421. The van der Waals surface area contributed by atoms with Gasteiger partial charge in [-0.05, 0) is 31.4 Å². The zero-order valence-corrected chi connectivity index (χ0v) is 15.5. The number of piperidine rings is 1. The zero-order chi connectivity index (χ0) is 18.6. The van der Waals surface area contributed by atoms with Crippen LogP contribution in [0.2, 0.25) is 0 Å². The first kappa shape index (κ1) is 18.5. The van der Waals surface area contributed by atoms with Gasteiger partial charge in [-0.2, -0.15) is 9.40 Å². The van der Waals surface area contributed by atoms with E-state index in [0.717, 1.165) is 24.8 Å². The molecule has 9 heteroatoms. The predicted molar refractivity (Wildman–Crippen MR) is 98.0 cm³/mol. The summed E-state index contributed by atoms with van der Waals surface area (Å²) < 4.78 is 25.3. The van der Waals surface area contributed by atoms with Gasteiger partial charge in [0.05, 0.1) is 6.26 Å². The van der Waals surface area contributed by atoms with Crippen molar-refractivity contribution in [1.29, 1.82) is 0 Å². The Balaban J connectivity index is 1.58. The van der Waals surface area contributed by atoms with E-state index in [1.807, 2.05) is 6.07 Å². The predicted octanol–water partition coefficient (Wildman–Crippen LogP) is 1.41. The van der Waals surface area contributed by atoms with E-state index in [1.165, 1.54) is 12.6 Å². The highest BCUT2D eigenvalue weighted by Gasteiger charge is 2.28. The third-order valence-electron chi connectivity index (χ3n) is 4.58. The summed E-state index contributed by atoms with van der Waals surface area (Å²) in [6.45, 7) is 0.999. The molecule has 1 amide bonds. The van der Waals surface area contributed by atoms with Crippen LogP contribution in [0.25, 0.3) is 11.4 Å². The molecule has 26 heavy (non-hydrogen) atoms. The standard InChI is InChI=1S/C17H23N5O3S/c1-26(24,25)22-10-3-2-7-15(22)8-9-18-17(23)14-6-4-5-13(11-14)16-19-12-20-21-16/h4-6,11-12,15H,2-3,7-10H2,1H3,(H,18,23)(H,19,20,21)/t15-/m0/s1. The Morgan fingerprint density at radius 3 is 2.96 bits per heavy atom. The molecule has 0 spiro atoms. The van der Waals surface area contributed by atoms with Crippen LogP contribution in [-0.4, -0.2) is 59.2 Å². The summed E-state index contributed by atoms with van der Waals surface area (Å²) >= 11 is 0. The van der Waals surface area contributed by atoms with E-state index in [1.54, 1.807) is 22.5 Å². The molecular formula is C17H23N5O3S. The molecule has 0 saturated carbocycles. The number of benzene rings is 1. The number of nitrogens with zero attached hydrogens (tertiary/aromatic N) is 3. The molecule has 0 unspecified atom stereocenters. The first-order valence-electron chi connectivity index (χ1n) is 8.66. The smallest absolute Gasteiger partial charge is 0.251 e. The van der Waals surface area contributed by atoms with Crippen LogP contribution < -0.4 is 5.32 Å². The molecule has 1 aliphatic heterocycles. The van der Waals surface area contributed by atoms with Crippen molar-refractivity contribution in [1.82, 2.24) is 24.8 Å². The van der Waals surface area contributed by atoms with Crippen LogP contribution in [0, 0.1) is 0 Å². The highest BCUT2D eigenvalue weighted by atomic mass is 32.2. The number of nitrogens with one attached hydrogen (secondary N) is 2. The van der Waals surface area contributed by atoms with Crippen LogP contribution in [0.15, 0.2) is 30.6 Å². The van der Waals surface area contributed by atoms with E-state index in [-0.39, 0.29) is 11.9 Å². The summed E-state index contributed by atoms with van der Waals surface area (Å²) in [5.41, 5.74) is 1.31. The number of hydrogen-bond acceptors (Lipinski definition) is 5. The molecule has 0 aliphatic carbocycles. The molecule has 2 heterocycles. The monoisotopic (exact) mass is 377 g/mol. The number of amides is 1. The third-order valence-corrected chi connectivity index (χ3v) is 5.91. The van der Waals surface area contributed by atoms with Crippen molar-refractivity contribution in [2.45, 2.75) is 31.7 Å². The lowest BCUT2D eigenvalue weighted by Gasteiger charge is -2.33. The Labute approximate surface area is 153 Å². The summed E-state index contributed by atoms with van der Waals surface area (Å²) in [6, 6.07) is 7.08. The van der Waals surface area contributed by atoms with Gasteiger partial charge in [0.25, 0.3) is 5.91 Å². The molecule has 1 saturated heterocycles. The van der Waals surface area contributed by atoms with E-state index < -0.39 is 10.0 Å². The van der Waals surface area contributed by atoms with Crippen LogP contribution in [-0.2, 0) is 10.0 Å². The summed E-state index contributed by atoms with van der Waals surface area (Å²) in [7, 11) is -3.20. The average Bonchev–Trinajstić information content (AvgIpc) is 3.16. The van der Waals surface area contributed by atoms with E-state index >= 15 is 0 Å². The second-order valence-electron chi connectivity index (χ2n) is 6.48. The van der Waals surface area contributed by atoms with Gasteiger partial charge in [0.15, 0.2) is 5.82 Å². The molecule has 1 aromatic heterocycles. The molecule has 1 atom stereocenters. The Morgan fingerprint density at radius 2 is 2.23 bits per heavy atom. The fourth-order valence-corrected chi connectivity index (χ4v) is 4.52. The van der Waals surface area contributed by atoms with Crippen LogP contribution in [0.5, 0.6) is 0 Å². The number of sulfonamides is 1. The van der Waals surface area contributed by atoms with Gasteiger partial charge in [-0.15, -0.1) is 0 Å². The van der Waals surface area contributed by atoms with Crippen molar-refractivity contribution in [3.05, 3.63) is 36.2 Å². The number of hydrogen-bond donors (Lipinski definition) is 2. The minimum Gasteiger partial charge on any atom is -0.352 e. The lowest BCUT2D eigenvalue weighted by atomic mass is 10.0. The summed E-state index contributed by atoms with van der Waals surface area (Å²) in [4.78, 5) is 16.5. The molecule has 2 N–H and O–H groups in total. The number of aromatic nitrogens is 3. The highest BCUT2D eigenvalue weighted by molar-refractivity contribution is 7.88.